The summed E-state index contributed by atoms with van der Waals surface area (Å²) in [6.07, 6.45) is 4.39. The Morgan fingerprint density at radius 1 is 1.23 bits per heavy atom. The molecule has 0 fully saturated rings. The number of H-pyrrole nitrogens is 1. The predicted molar refractivity (Wildman–Crippen MR) is 111 cm³/mol. The van der Waals surface area contributed by atoms with E-state index in [1.807, 2.05) is 12.3 Å². The van der Waals surface area contributed by atoms with Crippen LogP contribution in [-0.4, -0.2) is 44.4 Å². The number of hydrogen-bond acceptors (Lipinski definition) is 4. The number of hydrogen-bond donors (Lipinski definition) is 2. The number of fused-ring (bicyclic) bond motifs is 1. The van der Waals surface area contributed by atoms with Gasteiger partial charge in [0, 0.05) is 35.8 Å². The second kappa shape index (κ2) is 7.58. The molecule has 1 amide bonds. The Labute approximate surface area is 173 Å². The molecule has 3 N–H and O–H groups in total. The molecule has 7 nitrogen and oxygen atoms in total. The fourth-order valence-corrected chi connectivity index (χ4v) is 4.20. The van der Waals surface area contributed by atoms with E-state index in [9.17, 15) is 17.6 Å². The van der Waals surface area contributed by atoms with Gasteiger partial charge >= 0.3 is 0 Å². The number of nitrogens with one attached hydrogen (secondary N) is 1. The van der Waals surface area contributed by atoms with Crippen LogP contribution in [0.3, 0.4) is 0 Å². The highest BCUT2D eigenvalue weighted by Gasteiger charge is 2.24. The van der Waals surface area contributed by atoms with Gasteiger partial charge in [-0.25, -0.2) is 17.9 Å². The Morgan fingerprint density at radius 2 is 2.03 bits per heavy atom. The Kier molecular flexibility index (Phi) is 5.08. The van der Waals surface area contributed by atoms with Crippen molar-refractivity contribution >= 4 is 32.4 Å². The van der Waals surface area contributed by atoms with Crippen molar-refractivity contribution in [2.75, 3.05) is 20.2 Å². The zero-order valence-electron chi connectivity index (χ0n) is 16.2. The van der Waals surface area contributed by atoms with E-state index in [-0.39, 0.29) is 27.9 Å². The summed E-state index contributed by atoms with van der Waals surface area (Å²) in [4.78, 5) is 17.6. The summed E-state index contributed by atoms with van der Waals surface area (Å²) in [5.41, 5.74) is 2.89. The highest BCUT2D eigenvalue weighted by atomic mass is 32.2. The van der Waals surface area contributed by atoms with Gasteiger partial charge in [-0.2, -0.15) is 0 Å². The minimum absolute atomic E-state index is 0.142. The van der Waals surface area contributed by atoms with Crippen molar-refractivity contribution in [3.63, 3.8) is 0 Å². The number of halogens is 1. The lowest BCUT2D eigenvalue weighted by Crippen LogP contribution is -2.35. The highest BCUT2D eigenvalue weighted by molar-refractivity contribution is 7.89. The minimum Gasteiger partial charge on any atom is -0.496 e. The number of primary sulfonamides is 1. The average molecular weight is 429 g/mol. The van der Waals surface area contributed by atoms with Gasteiger partial charge in [0.1, 0.15) is 11.6 Å². The van der Waals surface area contributed by atoms with Crippen molar-refractivity contribution in [3.8, 4) is 5.75 Å². The van der Waals surface area contributed by atoms with E-state index in [0.717, 1.165) is 16.5 Å². The van der Waals surface area contributed by atoms with Crippen molar-refractivity contribution in [1.29, 1.82) is 0 Å². The average Bonchev–Trinajstić information content (AvgIpc) is 3.15. The van der Waals surface area contributed by atoms with E-state index < -0.39 is 10.0 Å². The van der Waals surface area contributed by atoms with Crippen LogP contribution in [0.4, 0.5) is 4.39 Å². The number of ether oxygens (including phenoxy) is 1. The van der Waals surface area contributed by atoms with Gasteiger partial charge in [0.25, 0.3) is 5.91 Å². The first-order valence-electron chi connectivity index (χ1n) is 9.24. The summed E-state index contributed by atoms with van der Waals surface area (Å²) in [7, 11) is -2.53. The number of methoxy groups -OCH3 is 1. The molecule has 1 aliphatic heterocycles. The van der Waals surface area contributed by atoms with E-state index >= 15 is 0 Å². The number of benzene rings is 2. The Balaban J connectivity index is 1.60. The Bertz CT molecular complexity index is 1280. The largest absolute Gasteiger partial charge is 0.496 e. The molecule has 9 heteroatoms. The fourth-order valence-electron chi connectivity index (χ4n) is 3.66. The number of aromatic amines is 1. The molecule has 2 heterocycles. The standard InChI is InChI=1S/C21H20FN3O4S/c1-29-20-5-3-15(30(23,27)28)11-17(20)21(26)25-8-6-13(7-9-25)18-12-24-19-10-14(22)2-4-16(18)19/h2-6,10-12,24H,7-9H2,1H3,(H2,23,27,28). The fraction of sp³-hybridized carbons (Fsp3) is 0.190. The third-order valence-corrected chi connectivity index (χ3v) is 6.13. The van der Waals surface area contributed by atoms with Gasteiger partial charge in [-0.3, -0.25) is 4.79 Å². The van der Waals surface area contributed by atoms with Crippen LogP contribution in [0.5, 0.6) is 5.75 Å². The van der Waals surface area contributed by atoms with Crippen molar-refractivity contribution in [2.24, 2.45) is 5.14 Å². The van der Waals surface area contributed by atoms with Crippen LogP contribution in [0.2, 0.25) is 0 Å². The SMILES string of the molecule is COc1ccc(S(N)(=O)=O)cc1C(=O)N1CC=C(c2c[nH]c3cc(F)ccc23)CC1. The lowest BCUT2D eigenvalue weighted by Gasteiger charge is -2.27. The second-order valence-corrected chi connectivity index (χ2v) is 8.59. The number of rotatable bonds is 4. The Hall–Kier alpha value is -3.17. The molecular formula is C21H20FN3O4S. The summed E-state index contributed by atoms with van der Waals surface area (Å²) in [5.74, 6) is -0.365. The van der Waals surface area contributed by atoms with Crippen molar-refractivity contribution in [3.05, 3.63) is 65.6 Å². The number of sulfonamides is 1. The van der Waals surface area contributed by atoms with Crippen molar-refractivity contribution < 1.29 is 22.3 Å². The van der Waals surface area contributed by atoms with Gasteiger partial charge in [-0.15, -0.1) is 0 Å². The smallest absolute Gasteiger partial charge is 0.257 e. The first-order chi connectivity index (χ1) is 14.3. The van der Waals surface area contributed by atoms with E-state index in [4.69, 9.17) is 9.88 Å². The Morgan fingerprint density at radius 3 is 2.70 bits per heavy atom. The summed E-state index contributed by atoms with van der Waals surface area (Å²) in [6, 6.07) is 8.57. The normalized spacial score (nSPS) is 14.6. The molecule has 0 radical (unpaired) electrons. The van der Waals surface area contributed by atoms with Crippen LogP contribution in [0, 0.1) is 5.82 Å². The van der Waals surface area contributed by atoms with E-state index in [2.05, 4.69) is 4.98 Å². The van der Waals surface area contributed by atoms with E-state index in [1.54, 1.807) is 11.0 Å². The molecule has 30 heavy (non-hydrogen) atoms. The maximum atomic E-state index is 13.4. The van der Waals surface area contributed by atoms with Crippen molar-refractivity contribution in [1.82, 2.24) is 9.88 Å². The lowest BCUT2D eigenvalue weighted by molar-refractivity contribution is 0.0769. The maximum Gasteiger partial charge on any atom is 0.257 e. The number of carbonyl (C=O) groups is 1. The number of carbonyl (C=O) groups excluding carboxylic acids is 1. The highest BCUT2D eigenvalue weighted by Crippen LogP contribution is 2.31. The van der Waals surface area contributed by atoms with Crippen LogP contribution in [0.1, 0.15) is 22.3 Å². The molecule has 0 saturated carbocycles. The monoisotopic (exact) mass is 429 g/mol. The van der Waals surface area contributed by atoms with Gasteiger partial charge in [0.2, 0.25) is 10.0 Å². The van der Waals surface area contributed by atoms with Crippen LogP contribution < -0.4 is 9.88 Å². The van der Waals surface area contributed by atoms with Crippen LogP contribution in [0.15, 0.2) is 53.6 Å². The molecule has 0 bridgehead atoms. The molecule has 0 atom stereocenters. The molecule has 0 aliphatic carbocycles. The van der Waals surface area contributed by atoms with Crippen LogP contribution >= 0.6 is 0 Å². The molecule has 1 aromatic heterocycles. The van der Waals surface area contributed by atoms with Crippen molar-refractivity contribution in [2.45, 2.75) is 11.3 Å². The zero-order valence-corrected chi connectivity index (χ0v) is 17.0. The third-order valence-electron chi connectivity index (χ3n) is 5.22. The molecule has 3 aromatic rings. The van der Waals surface area contributed by atoms with E-state index in [1.165, 1.54) is 37.4 Å². The van der Waals surface area contributed by atoms with Gasteiger partial charge in [-0.1, -0.05) is 6.08 Å². The summed E-state index contributed by atoms with van der Waals surface area (Å²) < 4.78 is 42.0. The zero-order chi connectivity index (χ0) is 21.5. The van der Waals surface area contributed by atoms with Gasteiger partial charge in [0.05, 0.1) is 17.6 Å². The van der Waals surface area contributed by atoms with Crippen LogP contribution in [0.25, 0.3) is 16.5 Å². The lowest BCUT2D eigenvalue weighted by atomic mass is 9.98. The van der Waals surface area contributed by atoms with E-state index in [0.29, 0.717) is 25.0 Å². The number of aromatic nitrogens is 1. The number of amides is 1. The molecular weight excluding hydrogens is 409 g/mol. The summed E-state index contributed by atoms with van der Waals surface area (Å²) in [6.45, 7) is 0.798. The molecule has 156 valence electrons. The second-order valence-electron chi connectivity index (χ2n) is 7.03. The number of nitrogens with zero attached hydrogens (tertiary/aromatic N) is 1. The third kappa shape index (κ3) is 3.69. The molecule has 2 aromatic carbocycles. The summed E-state index contributed by atoms with van der Waals surface area (Å²) >= 11 is 0. The van der Waals surface area contributed by atoms with Crippen LogP contribution in [-0.2, 0) is 10.0 Å². The quantitative estimate of drug-likeness (QED) is 0.665. The minimum atomic E-state index is -3.95. The van der Waals surface area contributed by atoms with Gasteiger partial charge in [0.15, 0.2) is 0 Å². The number of nitrogens with two attached hydrogens (primary N) is 1. The summed E-state index contributed by atoms with van der Waals surface area (Å²) in [5, 5.41) is 6.11. The molecule has 4 rings (SSSR count). The molecule has 0 saturated heterocycles. The van der Waals surface area contributed by atoms with Gasteiger partial charge in [-0.05, 0) is 48.4 Å². The first kappa shape index (κ1) is 20.1. The molecule has 1 aliphatic rings. The first-order valence-corrected chi connectivity index (χ1v) is 10.8. The maximum absolute atomic E-state index is 13.4. The molecule has 0 unspecified atom stereocenters. The predicted octanol–water partition coefficient (Wildman–Crippen LogP) is 2.89. The van der Waals surface area contributed by atoms with Gasteiger partial charge < -0.3 is 14.6 Å². The topological polar surface area (TPSA) is 105 Å². The molecule has 0 spiro atoms.